The van der Waals surface area contributed by atoms with E-state index in [0.29, 0.717) is 12.0 Å². The van der Waals surface area contributed by atoms with Gasteiger partial charge in [-0.3, -0.25) is 14.3 Å². The summed E-state index contributed by atoms with van der Waals surface area (Å²) >= 11 is 0. The van der Waals surface area contributed by atoms with Crippen molar-refractivity contribution in [3.8, 4) is 0 Å². The van der Waals surface area contributed by atoms with Crippen molar-refractivity contribution in [3.05, 3.63) is 38.5 Å². The van der Waals surface area contributed by atoms with Gasteiger partial charge < -0.3 is 4.98 Å². The zero-order chi connectivity index (χ0) is 15.1. The minimum Gasteiger partial charge on any atom is -0.307 e. The van der Waals surface area contributed by atoms with Gasteiger partial charge in [0.1, 0.15) is 4.90 Å². The molecule has 0 aliphatic carbocycles. The average Bonchev–Trinajstić information content (AvgIpc) is 2.26. The van der Waals surface area contributed by atoms with Gasteiger partial charge in [0.2, 0.25) is 0 Å². The molecule has 0 amide bonds. The summed E-state index contributed by atoms with van der Waals surface area (Å²) in [5.74, 6) is 0.134. The molecule has 108 valence electrons. The van der Waals surface area contributed by atoms with Crippen molar-refractivity contribution in [3.63, 3.8) is 0 Å². The molecule has 8 heteroatoms. The van der Waals surface area contributed by atoms with E-state index >= 15 is 0 Å². The monoisotopic (exact) mass is 298 g/mol. The zero-order valence-corrected chi connectivity index (χ0v) is 11.7. The Morgan fingerprint density at radius 1 is 1.20 bits per heavy atom. The normalized spacial score (nSPS) is 12.2. The molecule has 1 aromatic carbocycles. The number of hydrogen-bond acceptors (Lipinski definition) is 4. The second-order valence-corrected chi connectivity index (χ2v) is 6.32. The summed E-state index contributed by atoms with van der Waals surface area (Å²) in [4.78, 5) is 26.9. The summed E-state index contributed by atoms with van der Waals surface area (Å²) in [5, 5.41) is -0.231. The topological polar surface area (TPSA) is 120 Å². The van der Waals surface area contributed by atoms with Crippen LogP contribution in [0.1, 0.15) is 19.4 Å². The van der Waals surface area contributed by atoms with Gasteiger partial charge in [-0.1, -0.05) is 19.9 Å². The lowest BCUT2D eigenvalue weighted by Crippen LogP contribution is -2.24. The summed E-state index contributed by atoms with van der Waals surface area (Å²) < 4.78 is 32.6. The minimum absolute atomic E-state index is 0.0684. The molecule has 0 radical (unpaired) electrons. The van der Waals surface area contributed by atoms with E-state index in [9.17, 15) is 22.6 Å². The number of fused-ring (bicyclic) bond motifs is 1. The van der Waals surface area contributed by atoms with E-state index in [1.54, 1.807) is 0 Å². The van der Waals surface area contributed by atoms with Gasteiger partial charge in [0.05, 0.1) is 10.9 Å². The highest BCUT2D eigenvalue weighted by molar-refractivity contribution is 7.86. The van der Waals surface area contributed by atoms with Crippen LogP contribution in [0.3, 0.4) is 0 Å². The van der Waals surface area contributed by atoms with Gasteiger partial charge in [-0.2, -0.15) is 8.42 Å². The Balaban J connectivity index is 2.99. The molecular formula is C12H14N2O5S. The molecule has 0 fully saturated rings. The number of aromatic amines is 2. The van der Waals surface area contributed by atoms with Gasteiger partial charge in [-0.25, -0.2) is 4.79 Å². The standard InChI is InChI=1S/C12H14N2O5S/c1-6(2)5-7-3-4-8-9(10(7)20(17,18)19)11(15)14-12(16)13-8/h3-4,6H,5H2,1-2H3,(H,17,18,19)(H2,13,14,15,16). The van der Waals surface area contributed by atoms with Crippen LogP contribution in [-0.4, -0.2) is 22.9 Å². The van der Waals surface area contributed by atoms with Gasteiger partial charge in [0.15, 0.2) is 0 Å². The molecule has 0 bridgehead atoms. The van der Waals surface area contributed by atoms with Crippen LogP contribution in [-0.2, 0) is 16.5 Å². The fraction of sp³-hybridized carbons (Fsp3) is 0.333. The maximum absolute atomic E-state index is 11.9. The van der Waals surface area contributed by atoms with Crippen LogP contribution in [0.15, 0.2) is 26.6 Å². The Labute approximate surface area is 114 Å². The maximum atomic E-state index is 11.9. The Kier molecular flexibility index (Phi) is 3.53. The predicted molar refractivity (Wildman–Crippen MR) is 73.5 cm³/mol. The second-order valence-electron chi connectivity index (χ2n) is 4.96. The summed E-state index contributed by atoms with van der Waals surface area (Å²) in [6.07, 6.45) is 0.379. The number of benzene rings is 1. The Hall–Kier alpha value is -1.93. The molecule has 20 heavy (non-hydrogen) atoms. The van der Waals surface area contributed by atoms with E-state index in [4.69, 9.17) is 0 Å². The molecule has 0 aliphatic rings. The summed E-state index contributed by atoms with van der Waals surface area (Å²) in [5.41, 5.74) is -1.17. The van der Waals surface area contributed by atoms with E-state index in [1.807, 2.05) is 18.8 Å². The van der Waals surface area contributed by atoms with Crippen molar-refractivity contribution in [1.29, 1.82) is 0 Å². The number of aromatic nitrogens is 2. The first-order valence-corrected chi connectivity index (χ1v) is 7.40. The van der Waals surface area contributed by atoms with Gasteiger partial charge in [0.25, 0.3) is 15.7 Å². The molecule has 0 spiro atoms. The first-order chi connectivity index (χ1) is 9.20. The molecule has 0 aliphatic heterocycles. The van der Waals surface area contributed by atoms with E-state index in [-0.39, 0.29) is 16.8 Å². The summed E-state index contributed by atoms with van der Waals surface area (Å²) in [7, 11) is -4.58. The number of hydrogen-bond donors (Lipinski definition) is 3. The van der Waals surface area contributed by atoms with Crippen LogP contribution in [0.4, 0.5) is 0 Å². The molecule has 0 unspecified atom stereocenters. The molecule has 0 saturated heterocycles. The fourth-order valence-corrected chi connectivity index (χ4v) is 3.11. The molecule has 2 aromatic rings. The average molecular weight is 298 g/mol. The third-order valence-corrected chi connectivity index (χ3v) is 3.81. The first kappa shape index (κ1) is 14.5. The van der Waals surface area contributed by atoms with Gasteiger partial charge in [-0.05, 0) is 24.0 Å². The van der Waals surface area contributed by atoms with Crippen molar-refractivity contribution >= 4 is 21.0 Å². The Morgan fingerprint density at radius 2 is 1.85 bits per heavy atom. The van der Waals surface area contributed by atoms with Crippen LogP contribution in [0.25, 0.3) is 10.9 Å². The first-order valence-electron chi connectivity index (χ1n) is 5.96. The van der Waals surface area contributed by atoms with E-state index < -0.39 is 26.3 Å². The third-order valence-electron chi connectivity index (χ3n) is 2.83. The van der Waals surface area contributed by atoms with Crippen LogP contribution >= 0.6 is 0 Å². The van der Waals surface area contributed by atoms with Crippen molar-refractivity contribution in [2.45, 2.75) is 25.2 Å². The predicted octanol–water partition coefficient (Wildman–Crippen LogP) is 0.662. The van der Waals surface area contributed by atoms with Crippen molar-refractivity contribution in [2.75, 3.05) is 0 Å². The van der Waals surface area contributed by atoms with E-state index in [2.05, 4.69) is 4.98 Å². The molecule has 0 atom stereocenters. The Morgan fingerprint density at radius 3 is 2.40 bits per heavy atom. The van der Waals surface area contributed by atoms with Gasteiger partial charge in [-0.15, -0.1) is 0 Å². The van der Waals surface area contributed by atoms with Crippen molar-refractivity contribution in [2.24, 2.45) is 5.92 Å². The minimum atomic E-state index is -4.58. The second kappa shape index (κ2) is 4.88. The largest absolute Gasteiger partial charge is 0.326 e. The number of rotatable bonds is 3. The number of nitrogens with one attached hydrogen (secondary N) is 2. The molecule has 2 rings (SSSR count). The van der Waals surface area contributed by atoms with E-state index in [1.165, 1.54) is 12.1 Å². The molecule has 3 N–H and O–H groups in total. The van der Waals surface area contributed by atoms with Crippen LogP contribution in [0.5, 0.6) is 0 Å². The van der Waals surface area contributed by atoms with Crippen LogP contribution in [0.2, 0.25) is 0 Å². The smallest absolute Gasteiger partial charge is 0.307 e. The van der Waals surface area contributed by atoms with E-state index in [0.717, 1.165) is 0 Å². The fourth-order valence-electron chi connectivity index (χ4n) is 2.17. The highest BCUT2D eigenvalue weighted by atomic mass is 32.2. The lowest BCUT2D eigenvalue weighted by atomic mass is 10.0. The third kappa shape index (κ3) is 2.66. The molecule has 7 nitrogen and oxygen atoms in total. The molecule has 0 saturated carbocycles. The van der Waals surface area contributed by atoms with Crippen molar-refractivity contribution < 1.29 is 13.0 Å². The maximum Gasteiger partial charge on any atom is 0.326 e. The lowest BCUT2D eigenvalue weighted by molar-refractivity contribution is 0.482. The highest BCUT2D eigenvalue weighted by Gasteiger charge is 2.22. The molecule has 1 heterocycles. The lowest BCUT2D eigenvalue weighted by Gasteiger charge is -2.11. The van der Waals surface area contributed by atoms with Gasteiger partial charge in [0, 0.05) is 0 Å². The number of H-pyrrole nitrogens is 2. The van der Waals surface area contributed by atoms with Crippen LogP contribution in [0, 0.1) is 5.92 Å². The van der Waals surface area contributed by atoms with Gasteiger partial charge >= 0.3 is 5.69 Å². The Bertz CT molecular complexity index is 877. The molecule has 1 aromatic heterocycles. The highest BCUT2D eigenvalue weighted by Crippen LogP contribution is 2.24. The quantitative estimate of drug-likeness (QED) is 0.719. The van der Waals surface area contributed by atoms with Crippen molar-refractivity contribution in [1.82, 2.24) is 9.97 Å². The molecular weight excluding hydrogens is 284 g/mol. The summed E-state index contributed by atoms with van der Waals surface area (Å²) in [6.45, 7) is 3.77. The summed E-state index contributed by atoms with van der Waals surface area (Å²) in [6, 6.07) is 2.94. The SMILES string of the molecule is CC(C)Cc1ccc2[nH]c(=O)[nH]c(=O)c2c1S(=O)(=O)O. The zero-order valence-electron chi connectivity index (χ0n) is 10.9. The van der Waals surface area contributed by atoms with Crippen LogP contribution < -0.4 is 11.2 Å².